The van der Waals surface area contributed by atoms with Gasteiger partial charge in [0.2, 0.25) is 5.69 Å². The van der Waals surface area contributed by atoms with Gasteiger partial charge in [-0.05, 0) is 30.9 Å². The number of hydrogen-bond acceptors (Lipinski definition) is 2. The van der Waals surface area contributed by atoms with E-state index in [1.54, 1.807) is 6.20 Å². The molecule has 4 nitrogen and oxygen atoms in total. The van der Waals surface area contributed by atoms with Crippen molar-refractivity contribution in [3.05, 3.63) is 35.9 Å². The summed E-state index contributed by atoms with van der Waals surface area (Å²) in [6.45, 7) is 9.61. The summed E-state index contributed by atoms with van der Waals surface area (Å²) in [4.78, 5) is 3.60. The van der Waals surface area contributed by atoms with Gasteiger partial charge in [-0.25, -0.2) is 9.36 Å². The van der Waals surface area contributed by atoms with Crippen molar-refractivity contribution in [3.8, 4) is 0 Å². The summed E-state index contributed by atoms with van der Waals surface area (Å²) in [6, 6.07) is 4.44. The van der Waals surface area contributed by atoms with Crippen molar-refractivity contribution in [2.45, 2.75) is 38.6 Å². The van der Waals surface area contributed by atoms with Crippen LogP contribution in [0.1, 0.15) is 32.6 Å². The molecule has 2 heterocycles. The first kappa shape index (κ1) is 12.0. The fourth-order valence-corrected chi connectivity index (χ4v) is 2.93. The van der Waals surface area contributed by atoms with Gasteiger partial charge in [0.15, 0.2) is 0 Å². The second-order valence-electron chi connectivity index (χ2n) is 5.37. The Balaban J connectivity index is 1.98. The zero-order valence-corrected chi connectivity index (χ0v) is 11.1. The van der Waals surface area contributed by atoms with E-state index in [0.717, 1.165) is 11.2 Å². The summed E-state index contributed by atoms with van der Waals surface area (Å²) >= 11 is 0. The van der Waals surface area contributed by atoms with E-state index in [-0.39, 0.29) is 0 Å². The van der Waals surface area contributed by atoms with Gasteiger partial charge in [-0.15, -0.1) is 0 Å². The van der Waals surface area contributed by atoms with Gasteiger partial charge in [0.25, 0.3) is 0 Å². The highest BCUT2D eigenvalue weighted by Gasteiger charge is 2.22. The molecular weight excluding hydrogens is 236 g/mol. The zero-order chi connectivity index (χ0) is 13.2. The molecule has 0 bridgehead atoms. The van der Waals surface area contributed by atoms with Crippen LogP contribution in [0.25, 0.3) is 10.4 Å². The maximum absolute atomic E-state index is 7.32. The number of aromatic nitrogens is 2. The molecule has 0 aliphatic heterocycles. The van der Waals surface area contributed by atoms with Crippen LogP contribution >= 0.6 is 0 Å². The number of anilines is 1. The molecule has 1 aliphatic rings. The third kappa shape index (κ3) is 2.17. The Morgan fingerprint density at radius 3 is 3.05 bits per heavy atom. The van der Waals surface area contributed by atoms with Crippen molar-refractivity contribution in [2.24, 2.45) is 5.92 Å². The summed E-state index contributed by atoms with van der Waals surface area (Å²) in [5, 5.41) is 7.85. The molecule has 4 heteroatoms. The Labute approximate surface area is 113 Å². The van der Waals surface area contributed by atoms with E-state index < -0.39 is 0 Å². The van der Waals surface area contributed by atoms with Crippen LogP contribution in [-0.2, 0) is 0 Å². The van der Waals surface area contributed by atoms with Crippen LogP contribution in [0, 0.1) is 12.5 Å². The molecule has 2 atom stereocenters. The first-order chi connectivity index (χ1) is 9.29. The van der Waals surface area contributed by atoms with Gasteiger partial charge in [0.05, 0.1) is 24.0 Å². The van der Waals surface area contributed by atoms with Gasteiger partial charge in [-0.3, -0.25) is 0 Å². The normalized spacial score (nSPS) is 23.2. The summed E-state index contributed by atoms with van der Waals surface area (Å²) in [5.41, 5.74) is 2.55. The van der Waals surface area contributed by atoms with Crippen LogP contribution in [0.15, 0.2) is 24.5 Å². The van der Waals surface area contributed by atoms with Crippen LogP contribution in [0.5, 0.6) is 0 Å². The average molecular weight is 254 g/mol. The molecule has 0 saturated heterocycles. The van der Waals surface area contributed by atoms with Crippen LogP contribution in [-0.4, -0.2) is 15.7 Å². The summed E-state index contributed by atoms with van der Waals surface area (Å²) < 4.78 is 1.82. The first-order valence-electron chi connectivity index (χ1n) is 6.90. The molecule has 98 valence electrons. The van der Waals surface area contributed by atoms with E-state index in [2.05, 4.69) is 22.2 Å². The summed E-state index contributed by atoms with van der Waals surface area (Å²) in [7, 11) is 0. The highest BCUT2D eigenvalue weighted by molar-refractivity contribution is 5.84. The zero-order valence-electron chi connectivity index (χ0n) is 11.1. The number of rotatable bonds is 2. The van der Waals surface area contributed by atoms with E-state index in [0.29, 0.717) is 17.6 Å². The largest absolute Gasteiger partial charge is 0.389 e. The average Bonchev–Trinajstić information content (AvgIpc) is 2.90. The van der Waals surface area contributed by atoms with Crippen LogP contribution in [0.3, 0.4) is 0 Å². The third-order valence-electron chi connectivity index (χ3n) is 4.11. The SMILES string of the molecule is [C-]#[N+]c1cnn2cccc2c1N[C@@H]1CCCC[C@@H]1C. The number of hydrogen-bond donors (Lipinski definition) is 1. The lowest BCUT2D eigenvalue weighted by Gasteiger charge is -2.31. The van der Waals surface area contributed by atoms with Crippen molar-refractivity contribution in [1.29, 1.82) is 0 Å². The number of nitrogens with zero attached hydrogens (tertiary/aromatic N) is 3. The van der Waals surface area contributed by atoms with Crippen LogP contribution in [0.4, 0.5) is 11.4 Å². The number of fused-ring (bicyclic) bond motifs is 1. The Morgan fingerprint density at radius 1 is 1.42 bits per heavy atom. The molecule has 0 aromatic carbocycles. The third-order valence-corrected chi connectivity index (χ3v) is 4.11. The van der Waals surface area contributed by atoms with Gasteiger partial charge >= 0.3 is 0 Å². The second kappa shape index (κ2) is 4.93. The standard InChI is InChI=1S/C15H18N4/c1-11-6-3-4-7-12(11)18-15-13(16-2)10-17-19-9-5-8-14(15)19/h5,8-12,18H,3-4,6-7H2,1H3/t11-,12+/m0/s1. The van der Waals surface area contributed by atoms with Crippen LogP contribution in [0.2, 0.25) is 0 Å². The van der Waals surface area contributed by atoms with E-state index in [1.807, 2.05) is 22.8 Å². The Morgan fingerprint density at radius 2 is 2.26 bits per heavy atom. The van der Waals surface area contributed by atoms with E-state index in [9.17, 15) is 0 Å². The van der Waals surface area contributed by atoms with Gasteiger partial charge < -0.3 is 5.32 Å². The predicted octanol–water partition coefficient (Wildman–Crippen LogP) is 3.88. The highest BCUT2D eigenvalue weighted by atomic mass is 15.2. The molecule has 1 aliphatic carbocycles. The van der Waals surface area contributed by atoms with Crippen molar-refractivity contribution in [1.82, 2.24) is 9.61 Å². The molecule has 1 N–H and O–H groups in total. The summed E-state index contributed by atoms with van der Waals surface area (Å²) in [5.74, 6) is 0.663. The molecule has 3 rings (SSSR count). The van der Waals surface area contributed by atoms with Gasteiger partial charge in [0, 0.05) is 12.2 Å². The molecule has 1 fully saturated rings. The Kier molecular flexibility index (Phi) is 3.12. The minimum absolute atomic E-state index is 0.468. The molecule has 2 aromatic rings. The number of nitrogens with one attached hydrogen (secondary N) is 1. The maximum atomic E-state index is 7.32. The molecular formula is C15H18N4. The fourth-order valence-electron chi connectivity index (χ4n) is 2.93. The molecule has 0 amide bonds. The lowest BCUT2D eigenvalue weighted by molar-refractivity contribution is 0.350. The Bertz CT molecular complexity index is 623. The lowest BCUT2D eigenvalue weighted by Crippen LogP contribution is -2.30. The minimum Gasteiger partial charge on any atom is -0.389 e. The molecule has 0 radical (unpaired) electrons. The Hall–Kier alpha value is -2.02. The van der Waals surface area contributed by atoms with E-state index in [1.165, 1.54) is 25.7 Å². The van der Waals surface area contributed by atoms with E-state index >= 15 is 0 Å². The molecule has 1 saturated carbocycles. The quantitative estimate of drug-likeness (QED) is 0.825. The first-order valence-corrected chi connectivity index (χ1v) is 6.90. The minimum atomic E-state index is 0.468. The molecule has 2 aromatic heterocycles. The van der Waals surface area contributed by atoms with Crippen molar-refractivity contribution in [2.75, 3.05) is 5.32 Å². The van der Waals surface area contributed by atoms with E-state index in [4.69, 9.17) is 6.57 Å². The summed E-state index contributed by atoms with van der Waals surface area (Å²) in [6.07, 6.45) is 8.62. The van der Waals surface area contributed by atoms with Gasteiger partial charge in [-0.2, -0.15) is 5.10 Å². The van der Waals surface area contributed by atoms with Gasteiger partial charge in [0.1, 0.15) is 0 Å². The maximum Gasteiger partial charge on any atom is 0.231 e. The topological polar surface area (TPSA) is 33.7 Å². The molecule has 0 spiro atoms. The fraction of sp³-hybridized carbons (Fsp3) is 0.467. The predicted molar refractivity (Wildman–Crippen MR) is 76.5 cm³/mol. The van der Waals surface area contributed by atoms with Crippen LogP contribution < -0.4 is 5.32 Å². The molecule has 0 unspecified atom stereocenters. The monoisotopic (exact) mass is 254 g/mol. The molecule has 19 heavy (non-hydrogen) atoms. The lowest BCUT2D eigenvalue weighted by atomic mass is 9.86. The van der Waals surface area contributed by atoms with Crippen molar-refractivity contribution < 1.29 is 0 Å². The van der Waals surface area contributed by atoms with Crippen molar-refractivity contribution >= 4 is 16.9 Å². The smallest absolute Gasteiger partial charge is 0.231 e. The van der Waals surface area contributed by atoms with Gasteiger partial charge in [-0.1, -0.05) is 19.8 Å². The highest BCUT2D eigenvalue weighted by Crippen LogP contribution is 2.33. The second-order valence-corrected chi connectivity index (χ2v) is 5.37. The van der Waals surface area contributed by atoms with Crippen molar-refractivity contribution in [3.63, 3.8) is 0 Å².